The van der Waals surface area contributed by atoms with Gasteiger partial charge in [-0.2, -0.15) is 5.12 Å². The van der Waals surface area contributed by atoms with Crippen molar-refractivity contribution >= 4 is 11.6 Å². The third-order valence-electron chi connectivity index (χ3n) is 1.29. The first kappa shape index (κ1) is 5.40. The van der Waals surface area contributed by atoms with E-state index in [0.29, 0.717) is 10.9 Å². The number of halogens is 1. The van der Waals surface area contributed by atoms with Crippen LogP contribution in [0.4, 0.5) is 16.1 Å². The number of fused-ring (bicyclic) bond motifs is 1. The van der Waals surface area contributed by atoms with E-state index in [2.05, 4.69) is 15.3 Å². The Morgan fingerprint density at radius 1 is 1.50 bits per heavy atom. The maximum Gasteiger partial charge on any atom is 0.202 e. The van der Waals surface area contributed by atoms with Crippen LogP contribution < -0.4 is 10.4 Å². The van der Waals surface area contributed by atoms with E-state index in [0.717, 1.165) is 0 Å². The molecule has 0 bridgehead atoms. The van der Waals surface area contributed by atoms with Gasteiger partial charge in [0.05, 0.1) is 0 Å². The Kier molecular flexibility index (Phi) is 0.969. The van der Waals surface area contributed by atoms with Gasteiger partial charge in [-0.3, -0.25) is 0 Å². The van der Waals surface area contributed by atoms with Gasteiger partial charge < -0.3 is 5.32 Å². The minimum atomic E-state index is 0.138. The van der Waals surface area contributed by atoms with Gasteiger partial charge in [-0.15, -0.1) is 0 Å². The Labute approximate surface area is 56.6 Å². The number of rotatable bonds is 0. The van der Waals surface area contributed by atoms with E-state index in [1.165, 1.54) is 12.4 Å². The summed E-state index contributed by atoms with van der Waals surface area (Å²) in [7, 11) is 0. The summed E-state index contributed by atoms with van der Waals surface area (Å²) in [6.07, 6.45) is 2.98. The van der Waals surface area contributed by atoms with E-state index < -0.39 is 0 Å². The molecule has 0 aromatic carbocycles. The molecule has 1 aliphatic rings. The third kappa shape index (κ3) is 0.601. The molecule has 2 heterocycles. The predicted molar refractivity (Wildman–Crippen MR) is 34.1 cm³/mol. The van der Waals surface area contributed by atoms with Crippen LogP contribution in [0.3, 0.4) is 0 Å². The van der Waals surface area contributed by atoms with Gasteiger partial charge in [0.15, 0.2) is 5.82 Å². The van der Waals surface area contributed by atoms with E-state index >= 15 is 0 Å². The van der Waals surface area contributed by atoms with E-state index in [4.69, 9.17) is 0 Å². The molecule has 10 heavy (non-hydrogen) atoms. The number of nitrogens with zero attached hydrogens (tertiary/aromatic N) is 3. The Morgan fingerprint density at radius 3 is 3.10 bits per heavy atom. The molecule has 0 spiro atoms. The molecule has 1 aromatic rings. The summed E-state index contributed by atoms with van der Waals surface area (Å²) in [6, 6.07) is 0. The third-order valence-corrected chi connectivity index (χ3v) is 1.29. The minimum absolute atomic E-state index is 0.138. The average Bonchev–Trinajstić information content (AvgIpc) is 2.34. The van der Waals surface area contributed by atoms with Crippen molar-refractivity contribution in [1.29, 1.82) is 0 Å². The zero-order valence-corrected chi connectivity index (χ0v) is 5.08. The number of hydrogen-bond acceptors (Lipinski definition) is 4. The zero-order valence-electron chi connectivity index (χ0n) is 5.08. The highest BCUT2D eigenvalue weighted by atomic mass is 19.2. The molecule has 1 aromatic heterocycles. The van der Waals surface area contributed by atoms with Gasteiger partial charge in [-0.1, -0.05) is 4.48 Å². The van der Waals surface area contributed by atoms with Gasteiger partial charge in [0, 0.05) is 12.4 Å². The van der Waals surface area contributed by atoms with Crippen molar-refractivity contribution in [2.75, 3.05) is 17.1 Å². The van der Waals surface area contributed by atoms with E-state index in [9.17, 15) is 4.48 Å². The molecular weight excluding hydrogens is 135 g/mol. The number of hydrogen-bond donors (Lipinski definition) is 1. The first-order valence-corrected chi connectivity index (χ1v) is 2.86. The van der Waals surface area contributed by atoms with Crippen molar-refractivity contribution < 1.29 is 4.48 Å². The topological polar surface area (TPSA) is 41.0 Å². The molecule has 0 amide bonds. The summed E-state index contributed by atoms with van der Waals surface area (Å²) in [6.45, 7) is 0.138. The minimum Gasteiger partial charge on any atom is -0.347 e. The molecule has 0 saturated carbocycles. The lowest BCUT2D eigenvalue weighted by Crippen LogP contribution is -2.11. The Morgan fingerprint density at radius 2 is 2.30 bits per heavy atom. The second-order valence-electron chi connectivity index (χ2n) is 1.93. The van der Waals surface area contributed by atoms with Crippen LogP contribution in [-0.2, 0) is 0 Å². The van der Waals surface area contributed by atoms with Crippen LogP contribution >= 0.6 is 0 Å². The molecule has 1 N–H and O–H groups in total. The highest BCUT2D eigenvalue weighted by Crippen LogP contribution is 2.24. The molecule has 0 saturated heterocycles. The molecule has 0 aliphatic carbocycles. The van der Waals surface area contributed by atoms with Gasteiger partial charge in [-0.25, -0.2) is 9.97 Å². The van der Waals surface area contributed by atoms with Crippen molar-refractivity contribution in [3.63, 3.8) is 0 Å². The van der Waals surface area contributed by atoms with Crippen LogP contribution in [0.2, 0.25) is 0 Å². The fourth-order valence-corrected chi connectivity index (χ4v) is 0.852. The Bertz CT molecular complexity index is 251. The molecule has 0 atom stereocenters. The molecule has 1 aliphatic heterocycles. The standard InChI is InChI=1S/C5H5FN4/c6-10-3-9-4-5(10)8-2-1-7-4/h1-2H,3H2,(H,7,9). The Balaban J connectivity index is 2.51. The van der Waals surface area contributed by atoms with Gasteiger partial charge in [0.2, 0.25) is 5.82 Å². The fraction of sp³-hybridized carbons (Fsp3) is 0.200. The summed E-state index contributed by atoms with van der Waals surface area (Å²) < 4.78 is 12.6. The number of nitrogens with one attached hydrogen (secondary N) is 1. The average molecular weight is 140 g/mol. The monoisotopic (exact) mass is 140 g/mol. The number of aromatic nitrogens is 2. The molecule has 0 fully saturated rings. The molecule has 52 valence electrons. The fourth-order valence-electron chi connectivity index (χ4n) is 0.852. The highest BCUT2D eigenvalue weighted by Gasteiger charge is 2.19. The molecule has 2 rings (SSSR count). The van der Waals surface area contributed by atoms with Gasteiger partial charge in [-0.05, 0) is 0 Å². The molecule has 0 radical (unpaired) electrons. The Hall–Kier alpha value is -1.39. The maximum atomic E-state index is 12.6. The molecule has 4 nitrogen and oxygen atoms in total. The van der Waals surface area contributed by atoms with Crippen LogP contribution in [0, 0.1) is 0 Å². The van der Waals surface area contributed by atoms with Crippen LogP contribution in [0.1, 0.15) is 0 Å². The first-order chi connectivity index (χ1) is 4.88. The van der Waals surface area contributed by atoms with Crippen molar-refractivity contribution in [3.8, 4) is 0 Å². The van der Waals surface area contributed by atoms with Crippen LogP contribution in [0.15, 0.2) is 12.4 Å². The zero-order chi connectivity index (χ0) is 6.97. The van der Waals surface area contributed by atoms with Crippen molar-refractivity contribution in [1.82, 2.24) is 9.97 Å². The number of anilines is 2. The lowest BCUT2D eigenvalue weighted by atomic mass is 10.6. The summed E-state index contributed by atoms with van der Waals surface area (Å²) in [5, 5.41) is 3.24. The summed E-state index contributed by atoms with van der Waals surface area (Å²) in [5.74, 6) is 0.771. The smallest absolute Gasteiger partial charge is 0.202 e. The lowest BCUT2D eigenvalue weighted by molar-refractivity contribution is 0.453. The quantitative estimate of drug-likeness (QED) is 0.534. The molecule has 5 heteroatoms. The normalized spacial score (nSPS) is 14.7. The van der Waals surface area contributed by atoms with Crippen LogP contribution in [0.25, 0.3) is 0 Å². The summed E-state index contributed by atoms with van der Waals surface area (Å²) >= 11 is 0. The van der Waals surface area contributed by atoms with Gasteiger partial charge in [0.1, 0.15) is 6.67 Å². The summed E-state index contributed by atoms with van der Waals surface area (Å²) in [5.41, 5.74) is 0. The summed E-state index contributed by atoms with van der Waals surface area (Å²) in [4.78, 5) is 7.62. The SMILES string of the molecule is FN1CNc2nccnc21. The second kappa shape index (κ2) is 1.80. The second-order valence-corrected chi connectivity index (χ2v) is 1.93. The van der Waals surface area contributed by atoms with E-state index in [1.807, 2.05) is 0 Å². The van der Waals surface area contributed by atoms with Crippen molar-refractivity contribution in [2.45, 2.75) is 0 Å². The first-order valence-electron chi connectivity index (χ1n) is 2.86. The van der Waals surface area contributed by atoms with Crippen molar-refractivity contribution in [3.05, 3.63) is 12.4 Å². The van der Waals surface area contributed by atoms with Crippen LogP contribution in [0.5, 0.6) is 0 Å². The maximum absolute atomic E-state index is 12.6. The lowest BCUT2D eigenvalue weighted by Gasteiger charge is -1.99. The largest absolute Gasteiger partial charge is 0.347 e. The van der Waals surface area contributed by atoms with E-state index in [1.54, 1.807) is 0 Å². The predicted octanol–water partition coefficient (Wildman–Crippen LogP) is 0.550. The molecule has 0 unspecified atom stereocenters. The molecular formula is C5H5FN4. The van der Waals surface area contributed by atoms with Crippen LogP contribution in [-0.4, -0.2) is 16.6 Å². The van der Waals surface area contributed by atoms with Gasteiger partial charge >= 0.3 is 0 Å². The van der Waals surface area contributed by atoms with Gasteiger partial charge in [0.25, 0.3) is 0 Å². The van der Waals surface area contributed by atoms with Crippen molar-refractivity contribution in [2.24, 2.45) is 0 Å². The van der Waals surface area contributed by atoms with E-state index in [-0.39, 0.29) is 12.5 Å². The highest BCUT2D eigenvalue weighted by molar-refractivity contribution is 5.63.